The van der Waals surface area contributed by atoms with Crippen LogP contribution >= 0.6 is 0 Å². The summed E-state index contributed by atoms with van der Waals surface area (Å²) < 4.78 is 13.2. The maximum atomic E-state index is 13.4. The molecule has 0 unspecified atom stereocenters. The first-order valence-corrected chi connectivity index (χ1v) is 11.3. The lowest BCUT2D eigenvalue weighted by molar-refractivity contribution is 0.105. The molecule has 0 aliphatic carbocycles. The zero-order chi connectivity index (χ0) is 21.6. The van der Waals surface area contributed by atoms with Crippen LogP contribution in [0.2, 0.25) is 0 Å². The van der Waals surface area contributed by atoms with Crippen LogP contribution in [0.3, 0.4) is 0 Å². The summed E-state index contributed by atoms with van der Waals surface area (Å²) >= 11 is 0. The fraction of sp³-hybridized carbons (Fsp3) is 0.520. The Morgan fingerprint density at radius 3 is 2.48 bits per heavy atom. The first kappa shape index (κ1) is 20.4. The Morgan fingerprint density at radius 1 is 1.03 bits per heavy atom. The van der Waals surface area contributed by atoms with Gasteiger partial charge in [0.2, 0.25) is 0 Å². The molecule has 4 heterocycles. The van der Waals surface area contributed by atoms with Crippen LogP contribution in [-0.2, 0) is 12.0 Å². The van der Waals surface area contributed by atoms with Crippen molar-refractivity contribution < 1.29 is 9.18 Å². The van der Waals surface area contributed by atoms with Gasteiger partial charge in [-0.15, -0.1) is 0 Å². The van der Waals surface area contributed by atoms with Crippen LogP contribution in [0.25, 0.3) is 0 Å². The van der Waals surface area contributed by atoms with Crippen LogP contribution in [0.1, 0.15) is 44.4 Å². The number of likely N-dealkylation sites (tertiary alicyclic amines) is 2. The molecule has 0 atom stereocenters. The average Bonchev–Trinajstić information content (AvgIpc) is 3.30. The number of fused-ring (bicyclic) bond motifs is 1. The number of hydrogen-bond acceptors (Lipinski definition) is 3. The minimum absolute atomic E-state index is 0.116. The predicted octanol–water partition coefficient (Wildman–Crippen LogP) is 4.43. The molecule has 0 N–H and O–H groups in total. The van der Waals surface area contributed by atoms with Gasteiger partial charge in [-0.3, -0.25) is 14.8 Å². The van der Waals surface area contributed by atoms with Gasteiger partial charge in [0.05, 0.1) is 11.4 Å². The molecule has 5 rings (SSSR count). The second-order valence-corrected chi connectivity index (χ2v) is 10.2. The number of benzene rings is 1. The number of pyridine rings is 1. The lowest BCUT2D eigenvalue weighted by Gasteiger charge is -2.39. The van der Waals surface area contributed by atoms with E-state index in [1.807, 2.05) is 35.4 Å². The van der Waals surface area contributed by atoms with Gasteiger partial charge in [-0.25, -0.2) is 9.18 Å². The Balaban J connectivity index is 1.21. The number of amides is 2. The van der Waals surface area contributed by atoms with Crippen LogP contribution in [0.15, 0.2) is 42.6 Å². The highest BCUT2D eigenvalue weighted by Crippen LogP contribution is 2.43. The van der Waals surface area contributed by atoms with Gasteiger partial charge in [0.25, 0.3) is 0 Å². The number of nitrogens with zero attached hydrogens (tertiary/aromatic N) is 4. The van der Waals surface area contributed by atoms with Gasteiger partial charge >= 0.3 is 6.03 Å². The molecule has 0 bridgehead atoms. The van der Waals surface area contributed by atoms with Crippen molar-refractivity contribution in [3.05, 3.63) is 59.7 Å². The second kappa shape index (κ2) is 7.59. The maximum absolute atomic E-state index is 13.4. The van der Waals surface area contributed by atoms with E-state index in [9.17, 15) is 9.18 Å². The SMILES string of the molecule is CC1(C)CN(C(=O)N2CCC3(CCN(Cc4ccc(F)cc4)CC3)C2)c2cccnc21. The standard InChI is InChI=1S/C25H31FN4O/c1-24(2)17-30(21-4-3-12-27-22(21)24)23(31)29-15-11-25(18-29)9-13-28(14-10-25)16-19-5-7-20(26)8-6-19/h3-8,12H,9-11,13-18H2,1-2H3. The molecular weight excluding hydrogens is 391 g/mol. The zero-order valence-electron chi connectivity index (χ0n) is 18.5. The molecule has 2 aromatic rings. The smallest absolute Gasteiger partial charge is 0.324 e. The van der Waals surface area contributed by atoms with Gasteiger partial charge in [-0.2, -0.15) is 0 Å². The Labute approximate surface area is 183 Å². The first-order chi connectivity index (χ1) is 14.9. The van der Waals surface area contributed by atoms with E-state index in [0.29, 0.717) is 6.54 Å². The highest BCUT2D eigenvalue weighted by Gasteiger charge is 2.46. The fourth-order valence-electron chi connectivity index (χ4n) is 5.57. The van der Waals surface area contributed by atoms with E-state index >= 15 is 0 Å². The monoisotopic (exact) mass is 422 g/mol. The number of rotatable bonds is 2. The molecule has 0 radical (unpaired) electrons. The number of piperidine rings is 1. The summed E-state index contributed by atoms with van der Waals surface area (Å²) in [5.74, 6) is -0.183. The third-order valence-electron chi connectivity index (χ3n) is 7.45. The fourth-order valence-corrected chi connectivity index (χ4v) is 5.57. The summed E-state index contributed by atoms with van der Waals surface area (Å²) in [5.41, 5.74) is 3.26. The van der Waals surface area contributed by atoms with Crippen molar-refractivity contribution in [2.24, 2.45) is 5.41 Å². The summed E-state index contributed by atoms with van der Waals surface area (Å²) in [6, 6.07) is 10.9. The molecular formula is C25H31FN4O. The lowest BCUT2D eigenvalue weighted by atomic mass is 9.77. The van der Waals surface area contributed by atoms with E-state index in [1.54, 1.807) is 0 Å². The second-order valence-electron chi connectivity index (χ2n) is 10.2. The van der Waals surface area contributed by atoms with Crippen molar-refractivity contribution in [2.75, 3.05) is 37.6 Å². The minimum Gasteiger partial charge on any atom is -0.324 e. The lowest BCUT2D eigenvalue weighted by Crippen LogP contribution is -2.46. The average molecular weight is 423 g/mol. The Hall–Kier alpha value is -2.47. The van der Waals surface area contributed by atoms with Gasteiger partial charge in [0, 0.05) is 37.8 Å². The van der Waals surface area contributed by atoms with Crippen molar-refractivity contribution in [3.8, 4) is 0 Å². The molecule has 31 heavy (non-hydrogen) atoms. The van der Waals surface area contributed by atoms with Crippen LogP contribution < -0.4 is 4.90 Å². The molecule has 6 heteroatoms. The van der Waals surface area contributed by atoms with Crippen molar-refractivity contribution in [2.45, 2.75) is 45.1 Å². The molecule has 3 aliphatic heterocycles. The number of carbonyl (C=O) groups is 1. The normalized spacial score (nSPS) is 22.2. The molecule has 2 saturated heterocycles. The van der Waals surface area contributed by atoms with Gasteiger partial charge < -0.3 is 4.90 Å². The summed E-state index contributed by atoms with van der Waals surface area (Å²) in [5, 5.41) is 0. The van der Waals surface area contributed by atoms with Crippen LogP contribution in [-0.4, -0.2) is 53.5 Å². The zero-order valence-corrected chi connectivity index (χ0v) is 18.5. The molecule has 2 amide bonds. The quantitative estimate of drug-likeness (QED) is 0.719. The molecule has 0 saturated carbocycles. The van der Waals surface area contributed by atoms with E-state index < -0.39 is 0 Å². The highest BCUT2D eigenvalue weighted by atomic mass is 19.1. The van der Waals surface area contributed by atoms with E-state index in [0.717, 1.165) is 68.9 Å². The largest absolute Gasteiger partial charge is 0.324 e. The molecule has 3 aliphatic rings. The maximum Gasteiger partial charge on any atom is 0.324 e. The Morgan fingerprint density at radius 2 is 1.74 bits per heavy atom. The molecule has 1 aromatic heterocycles. The van der Waals surface area contributed by atoms with E-state index in [4.69, 9.17) is 0 Å². The number of urea groups is 1. The molecule has 2 fully saturated rings. The molecule has 1 aromatic carbocycles. The van der Waals surface area contributed by atoms with Crippen LogP contribution in [0.5, 0.6) is 0 Å². The van der Waals surface area contributed by atoms with Crippen molar-refractivity contribution in [3.63, 3.8) is 0 Å². The summed E-state index contributed by atoms with van der Waals surface area (Å²) in [4.78, 5) is 24.5. The van der Waals surface area contributed by atoms with Crippen molar-refractivity contribution in [1.29, 1.82) is 0 Å². The van der Waals surface area contributed by atoms with Crippen molar-refractivity contribution in [1.82, 2.24) is 14.8 Å². The van der Waals surface area contributed by atoms with Gasteiger partial charge in [-0.1, -0.05) is 26.0 Å². The van der Waals surface area contributed by atoms with E-state index in [-0.39, 0.29) is 22.7 Å². The highest BCUT2D eigenvalue weighted by molar-refractivity contribution is 5.94. The van der Waals surface area contributed by atoms with Gasteiger partial charge in [0.1, 0.15) is 5.82 Å². The van der Waals surface area contributed by atoms with E-state index in [1.165, 1.54) is 12.1 Å². The summed E-state index contributed by atoms with van der Waals surface area (Å²) in [7, 11) is 0. The molecule has 164 valence electrons. The van der Waals surface area contributed by atoms with E-state index in [2.05, 4.69) is 28.6 Å². The van der Waals surface area contributed by atoms with Crippen LogP contribution in [0.4, 0.5) is 14.9 Å². The van der Waals surface area contributed by atoms with Crippen molar-refractivity contribution >= 4 is 11.7 Å². The number of aromatic nitrogens is 1. The summed E-state index contributed by atoms with van der Waals surface area (Å²) in [6.45, 7) is 9.62. The third-order valence-corrected chi connectivity index (χ3v) is 7.45. The number of anilines is 1. The molecule has 1 spiro atoms. The molecule has 5 nitrogen and oxygen atoms in total. The number of hydrogen-bond donors (Lipinski definition) is 0. The third kappa shape index (κ3) is 3.82. The Kier molecular flexibility index (Phi) is 5.00. The first-order valence-electron chi connectivity index (χ1n) is 11.3. The van der Waals surface area contributed by atoms with Gasteiger partial charge in [-0.05, 0) is 67.6 Å². The topological polar surface area (TPSA) is 39.7 Å². The minimum atomic E-state index is -0.183. The van der Waals surface area contributed by atoms with Crippen LogP contribution in [0, 0.1) is 11.2 Å². The number of halogens is 1. The number of carbonyl (C=O) groups excluding carboxylic acids is 1. The predicted molar refractivity (Wildman–Crippen MR) is 120 cm³/mol. The Bertz CT molecular complexity index is 966. The summed E-state index contributed by atoms with van der Waals surface area (Å²) in [6.07, 6.45) is 5.13. The van der Waals surface area contributed by atoms with Gasteiger partial charge in [0.15, 0.2) is 0 Å².